The Labute approximate surface area is 143 Å². The number of nitriles is 1. The SMILES string of the molecule is N#Cc1cccc(CNC(=O)NC(CO)c2ccc(Cl)c(F)c2)c1. The predicted octanol–water partition coefficient (Wildman–Crippen LogP) is 2.88. The van der Waals surface area contributed by atoms with E-state index in [4.69, 9.17) is 16.9 Å². The third kappa shape index (κ3) is 4.69. The zero-order valence-electron chi connectivity index (χ0n) is 12.6. The molecule has 0 aromatic heterocycles. The summed E-state index contributed by atoms with van der Waals surface area (Å²) in [5, 5.41) is 23.4. The van der Waals surface area contributed by atoms with E-state index in [2.05, 4.69) is 10.6 Å². The van der Waals surface area contributed by atoms with Crippen LogP contribution < -0.4 is 10.6 Å². The van der Waals surface area contributed by atoms with Gasteiger partial charge >= 0.3 is 6.03 Å². The molecule has 0 radical (unpaired) electrons. The van der Waals surface area contributed by atoms with Gasteiger partial charge in [0.25, 0.3) is 0 Å². The van der Waals surface area contributed by atoms with Crippen molar-refractivity contribution in [1.29, 1.82) is 5.26 Å². The van der Waals surface area contributed by atoms with Crippen molar-refractivity contribution in [1.82, 2.24) is 10.6 Å². The predicted molar refractivity (Wildman–Crippen MR) is 87.8 cm³/mol. The zero-order valence-corrected chi connectivity index (χ0v) is 13.3. The number of urea groups is 1. The number of aliphatic hydroxyl groups is 1. The maximum atomic E-state index is 13.5. The minimum atomic E-state index is -0.762. The Bertz CT molecular complexity index is 777. The van der Waals surface area contributed by atoms with Crippen molar-refractivity contribution in [2.24, 2.45) is 0 Å². The quantitative estimate of drug-likeness (QED) is 0.777. The standard InChI is InChI=1S/C17H15ClFN3O2/c18-14-5-4-13(7-15(14)19)16(10-23)22-17(24)21-9-12-3-1-2-11(6-12)8-20/h1-7,16,23H,9-10H2,(H2,21,22,24). The van der Waals surface area contributed by atoms with Gasteiger partial charge in [-0.3, -0.25) is 0 Å². The van der Waals surface area contributed by atoms with Crippen LogP contribution in [0.25, 0.3) is 0 Å². The maximum Gasteiger partial charge on any atom is 0.315 e. The number of halogens is 2. The number of hydrogen-bond donors (Lipinski definition) is 3. The van der Waals surface area contributed by atoms with Crippen molar-refractivity contribution in [2.75, 3.05) is 6.61 Å². The van der Waals surface area contributed by atoms with E-state index >= 15 is 0 Å². The van der Waals surface area contributed by atoms with E-state index in [0.717, 1.165) is 5.56 Å². The van der Waals surface area contributed by atoms with Crippen LogP contribution in [0, 0.1) is 17.1 Å². The van der Waals surface area contributed by atoms with E-state index in [0.29, 0.717) is 11.1 Å². The molecule has 0 fully saturated rings. The molecule has 2 aromatic rings. The molecule has 2 aromatic carbocycles. The molecular weight excluding hydrogens is 333 g/mol. The molecule has 2 amide bonds. The van der Waals surface area contributed by atoms with Gasteiger partial charge in [0.1, 0.15) is 5.82 Å². The molecule has 2 rings (SSSR count). The Kier molecular flexibility index (Phi) is 6.13. The normalized spacial score (nSPS) is 11.4. The van der Waals surface area contributed by atoms with Crippen LogP contribution in [0.1, 0.15) is 22.7 Å². The third-order valence-electron chi connectivity index (χ3n) is 3.34. The van der Waals surface area contributed by atoms with E-state index in [1.165, 1.54) is 18.2 Å². The topological polar surface area (TPSA) is 85.2 Å². The summed E-state index contributed by atoms with van der Waals surface area (Å²) >= 11 is 5.62. The molecule has 1 unspecified atom stereocenters. The van der Waals surface area contributed by atoms with Crippen molar-refractivity contribution >= 4 is 17.6 Å². The summed E-state index contributed by atoms with van der Waals surface area (Å²) in [6.45, 7) is -0.174. The highest BCUT2D eigenvalue weighted by Crippen LogP contribution is 2.20. The summed E-state index contributed by atoms with van der Waals surface area (Å²) in [5.41, 5.74) is 1.67. The minimum absolute atomic E-state index is 0.0303. The minimum Gasteiger partial charge on any atom is -0.394 e. The van der Waals surface area contributed by atoms with E-state index in [-0.39, 0.29) is 11.6 Å². The molecule has 5 nitrogen and oxygen atoms in total. The summed E-state index contributed by atoms with van der Waals surface area (Å²) in [6.07, 6.45) is 0. The number of carbonyl (C=O) groups excluding carboxylic acids is 1. The maximum absolute atomic E-state index is 13.5. The molecule has 124 valence electrons. The van der Waals surface area contributed by atoms with E-state index < -0.39 is 24.5 Å². The van der Waals surface area contributed by atoms with Gasteiger partial charge in [0.2, 0.25) is 0 Å². The Morgan fingerprint density at radius 2 is 2.12 bits per heavy atom. The summed E-state index contributed by atoms with van der Waals surface area (Å²) in [6, 6.07) is 11.6. The number of rotatable bonds is 5. The van der Waals surface area contributed by atoms with Crippen LogP contribution in [0.3, 0.4) is 0 Å². The first kappa shape index (κ1) is 17.7. The highest BCUT2D eigenvalue weighted by atomic mass is 35.5. The molecule has 0 aliphatic rings. The zero-order chi connectivity index (χ0) is 17.5. The van der Waals surface area contributed by atoms with Crippen LogP contribution in [-0.2, 0) is 6.54 Å². The van der Waals surface area contributed by atoms with Crippen LogP contribution >= 0.6 is 11.6 Å². The largest absolute Gasteiger partial charge is 0.394 e. The second-order valence-electron chi connectivity index (χ2n) is 5.05. The van der Waals surface area contributed by atoms with E-state index in [1.54, 1.807) is 24.3 Å². The van der Waals surface area contributed by atoms with Gasteiger partial charge < -0.3 is 15.7 Å². The lowest BCUT2D eigenvalue weighted by Crippen LogP contribution is -2.38. The second-order valence-corrected chi connectivity index (χ2v) is 5.46. The highest BCUT2D eigenvalue weighted by Gasteiger charge is 2.15. The molecule has 0 heterocycles. The highest BCUT2D eigenvalue weighted by molar-refractivity contribution is 6.30. The molecular formula is C17H15ClFN3O2. The summed E-state index contributed by atoms with van der Waals surface area (Å²) in [7, 11) is 0. The van der Waals surface area contributed by atoms with Gasteiger partial charge in [-0.1, -0.05) is 29.8 Å². The van der Waals surface area contributed by atoms with Crippen LogP contribution in [0.2, 0.25) is 5.02 Å². The van der Waals surface area contributed by atoms with Crippen molar-refractivity contribution < 1.29 is 14.3 Å². The molecule has 24 heavy (non-hydrogen) atoms. The van der Waals surface area contributed by atoms with Crippen LogP contribution in [0.5, 0.6) is 0 Å². The van der Waals surface area contributed by atoms with Crippen LogP contribution in [0.15, 0.2) is 42.5 Å². The molecule has 0 spiro atoms. The van der Waals surface area contributed by atoms with Crippen LogP contribution in [0.4, 0.5) is 9.18 Å². The number of hydrogen-bond acceptors (Lipinski definition) is 3. The number of amides is 2. The number of carbonyl (C=O) groups is 1. The monoisotopic (exact) mass is 347 g/mol. The number of nitrogens with one attached hydrogen (secondary N) is 2. The molecule has 0 saturated carbocycles. The Balaban J connectivity index is 1.96. The van der Waals surface area contributed by atoms with Crippen molar-refractivity contribution in [2.45, 2.75) is 12.6 Å². The Morgan fingerprint density at radius 1 is 1.33 bits per heavy atom. The van der Waals surface area contributed by atoms with Crippen molar-refractivity contribution in [3.8, 4) is 6.07 Å². The first-order valence-corrected chi connectivity index (χ1v) is 7.50. The average molecular weight is 348 g/mol. The summed E-state index contributed by atoms with van der Waals surface area (Å²) in [5.74, 6) is -0.622. The Hall–Kier alpha value is -2.62. The second kappa shape index (κ2) is 8.29. The van der Waals surface area contributed by atoms with Gasteiger partial charge in [0.15, 0.2) is 0 Å². The van der Waals surface area contributed by atoms with Gasteiger partial charge in [0.05, 0.1) is 29.3 Å². The van der Waals surface area contributed by atoms with Crippen LogP contribution in [-0.4, -0.2) is 17.7 Å². The lowest BCUT2D eigenvalue weighted by atomic mass is 10.1. The van der Waals surface area contributed by atoms with Crippen molar-refractivity contribution in [3.63, 3.8) is 0 Å². The third-order valence-corrected chi connectivity index (χ3v) is 3.65. The van der Waals surface area contributed by atoms with Gasteiger partial charge in [-0.15, -0.1) is 0 Å². The molecule has 7 heteroatoms. The number of benzene rings is 2. The van der Waals surface area contributed by atoms with Gasteiger partial charge in [-0.05, 0) is 35.4 Å². The molecule has 0 aliphatic heterocycles. The molecule has 0 saturated heterocycles. The van der Waals surface area contributed by atoms with E-state index in [9.17, 15) is 14.3 Å². The Morgan fingerprint density at radius 3 is 2.79 bits per heavy atom. The van der Waals surface area contributed by atoms with Gasteiger partial charge in [-0.2, -0.15) is 5.26 Å². The van der Waals surface area contributed by atoms with E-state index in [1.807, 2.05) is 6.07 Å². The first-order valence-electron chi connectivity index (χ1n) is 7.12. The van der Waals surface area contributed by atoms with Crippen molar-refractivity contribution in [3.05, 3.63) is 70.0 Å². The smallest absolute Gasteiger partial charge is 0.315 e. The number of aliphatic hydroxyl groups excluding tert-OH is 1. The molecule has 0 bridgehead atoms. The fourth-order valence-corrected chi connectivity index (χ4v) is 2.22. The molecule has 1 atom stereocenters. The first-order chi connectivity index (χ1) is 11.5. The summed E-state index contributed by atoms with van der Waals surface area (Å²) < 4.78 is 13.5. The lowest BCUT2D eigenvalue weighted by molar-refractivity contribution is 0.216. The molecule has 0 aliphatic carbocycles. The summed E-state index contributed by atoms with van der Waals surface area (Å²) in [4.78, 5) is 11.9. The fraction of sp³-hybridized carbons (Fsp3) is 0.176. The van der Waals surface area contributed by atoms with Gasteiger partial charge in [0, 0.05) is 6.54 Å². The lowest BCUT2D eigenvalue weighted by Gasteiger charge is -2.17. The molecule has 3 N–H and O–H groups in total. The average Bonchev–Trinajstić information content (AvgIpc) is 2.60. The number of nitrogens with zero attached hydrogens (tertiary/aromatic N) is 1. The fourth-order valence-electron chi connectivity index (χ4n) is 2.11. The van der Waals surface area contributed by atoms with Gasteiger partial charge in [-0.25, -0.2) is 9.18 Å².